The van der Waals surface area contributed by atoms with Gasteiger partial charge in [0.2, 0.25) is 5.91 Å². The summed E-state index contributed by atoms with van der Waals surface area (Å²) in [6, 6.07) is 14.1. The van der Waals surface area contributed by atoms with Crippen molar-refractivity contribution in [1.82, 2.24) is 14.8 Å². The smallest absolute Gasteiger partial charge is 0.234 e. The van der Waals surface area contributed by atoms with Gasteiger partial charge in [0.15, 0.2) is 5.16 Å². The molecule has 3 rings (SSSR count). The van der Waals surface area contributed by atoms with E-state index in [1.54, 1.807) is 6.33 Å². The molecule has 0 spiro atoms. The highest BCUT2D eigenvalue weighted by molar-refractivity contribution is 7.99. The maximum atomic E-state index is 12.4. The zero-order valence-electron chi connectivity index (χ0n) is 15.9. The summed E-state index contributed by atoms with van der Waals surface area (Å²) < 4.78 is 1.88. The molecule has 0 aliphatic heterocycles. The first-order valence-electron chi connectivity index (χ1n) is 8.62. The van der Waals surface area contributed by atoms with Crippen LogP contribution < -0.4 is 10.2 Å². The van der Waals surface area contributed by atoms with Gasteiger partial charge in [-0.25, -0.2) is 0 Å². The molecule has 0 fully saturated rings. The van der Waals surface area contributed by atoms with Crippen molar-refractivity contribution in [2.75, 3.05) is 30.1 Å². The summed E-state index contributed by atoms with van der Waals surface area (Å²) in [5.41, 5.74) is 5.12. The molecule has 0 aliphatic carbocycles. The Morgan fingerprint density at radius 2 is 1.89 bits per heavy atom. The first-order chi connectivity index (χ1) is 12.9. The van der Waals surface area contributed by atoms with Crippen LogP contribution in [0.3, 0.4) is 0 Å². The molecule has 140 valence electrons. The minimum Gasteiger partial charge on any atom is -0.378 e. The van der Waals surface area contributed by atoms with Crippen LogP contribution in [0.2, 0.25) is 0 Å². The fourth-order valence-electron chi connectivity index (χ4n) is 2.59. The van der Waals surface area contributed by atoms with Gasteiger partial charge < -0.3 is 10.2 Å². The highest BCUT2D eigenvalue weighted by Gasteiger charge is 2.11. The van der Waals surface area contributed by atoms with E-state index >= 15 is 0 Å². The van der Waals surface area contributed by atoms with Crippen LogP contribution in [0.5, 0.6) is 0 Å². The molecule has 1 amide bonds. The molecule has 0 aliphatic rings. The number of hydrogen-bond acceptors (Lipinski definition) is 5. The Kier molecular flexibility index (Phi) is 5.81. The molecule has 0 unspecified atom stereocenters. The lowest BCUT2D eigenvalue weighted by molar-refractivity contribution is -0.113. The van der Waals surface area contributed by atoms with Crippen LogP contribution in [0, 0.1) is 13.8 Å². The van der Waals surface area contributed by atoms with Crippen LogP contribution in [0.15, 0.2) is 53.9 Å². The molecule has 0 saturated heterocycles. The number of aryl methyl sites for hydroxylation is 2. The van der Waals surface area contributed by atoms with Gasteiger partial charge in [-0.2, -0.15) is 0 Å². The Morgan fingerprint density at radius 3 is 2.56 bits per heavy atom. The highest BCUT2D eigenvalue weighted by Crippen LogP contribution is 2.23. The number of hydrogen-bond donors (Lipinski definition) is 1. The molecular weight excluding hydrogens is 358 g/mol. The van der Waals surface area contributed by atoms with E-state index in [2.05, 4.69) is 21.6 Å². The lowest BCUT2D eigenvalue weighted by Crippen LogP contribution is -2.16. The van der Waals surface area contributed by atoms with Gasteiger partial charge in [0.1, 0.15) is 6.33 Å². The Morgan fingerprint density at radius 1 is 1.15 bits per heavy atom. The average molecular weight is 382 g/mol. The van der Waals surface area contributed by atoms with Gasteiger partial charge >= 0.3 is 0 Å². The van der Waals surface area contributed by atoms with E-state index in [4.69, 9.17) is 0 Å². The quantitative estimate of drug-likeness (QED) is 0.660. The van der Waals surface area contributed by atoms with Gasteiger partial charge in [0, 0.05) is 31.2 Å². The lowest BCUT2D eigenvalue weighted by atomic mass is 10.1. The van der Waals surface area contributed by atoms with Crippen LogP contribution in [0.4, 0.5) is 11.4 Å². The monoisotopic (exact) mass is 381 g/mol. The molecule has 1 aromatic heterocycles. The van der Waals surface area contributed by atoms with Crippen LogP contribution >= 0.6 is 11.8 Å². The molecule has 7 heteroatoms. The van der Waals surface area contributed by atoms with Crippen molar-refractivity contribution in [3.05, 3.63) is 59.9 Å². The van der Waals surface area contributed by atoms with E-state index in [9.17, 15) is 4.79 Å². The van der Waals surface area contributed by atoms with Gasteiger partial charge in [-0.3, -0.25) is 9.36 Å². The third kappa shape index (κ3) is 4.68. The SMILES string of the molecule is Cc1ccc(-n2cnnc2SCC(=O)Nc2ccc(N(C)C)cc2C)cc1. The molecule has 2 aromatic carbocycles. The molecule has 1 heterocycles. The number of nitrogens with one attached hydrogen (secondary N) is 1. The fraction of sp³-hybridized carbons (Fsp3) is 0.250. The second kappa shape index (κ2) is 8.26. The zero-order chi connectivity index (χ0) is 19.4. The number of thioether (sulfide) groups is 1. The maximum absolute atomic E-state index is 12.4. The summed E-state index contributed by atoms with van der Waals surface area (Å²) in [7, 11) is 3.99. The molecular formula is C20H23N5OS. The van der Waals surface area contributed by atoms with Crippen molar-refractivity contribution in [2.45, 2.75) is 19.0 Å². The van der Waals surface area contributed by atoms with E-state index in [0.717, 1.165) is 22.6 Å². The standard InChI is InChI=1S/C20H23N5OS/c1-14-5-7-16(8-6-14)25-13-21-23-20(25)27-12-19(26)22-18-10-9-17(24(3)4)11-15(18)2/h5-11,13H,12H2,1-4H3,(H,22,26). The van der Waals surface area contributed by atoms with Gasteiger partial charge in [-0.15, -0.1) is 10.2 Å². The Hall–Kier alpha value is -2.80. The molecule has 0 saturated carbocycles. The van der Waals surface area contributed by atoms with E-state index in [1.165, 1.54) is 17.3 Å². The number of benzene rings is 2. The van der Waals surface area contributed by atoms with Gasteiger partial charge in [0.05, 0.1) is 5.75 Å². The van der Waals surface area contributed by atoms with Gasteiger partial charge in [0.25, 0.3) is 0 Å². The average Bonchev–Trinajstić information content (AvgIpc) is 3.10. The van der Waals surface area contributed by atoms with Crippen molar-refractivity contribution in [3.8, 4) is 5.69 Å². The normalized spacial score (nSPS) is 10.7. The molecule has 0 bridgehead atoms. The van der Waals surface area contributed by atoms with Crippen molar-refractivity contribution < 1.29 is 4.79 Å². The summed E-state index contributed by atoms with van der Waals surface area (Å²) in [6.45, 7) is 4.03. The number of rotatable bonds is 6. The Labute approximate surface area is 163 Å². The largest absolute Gasteiger partial charge is 0.378 e. The number of amides is 1. The molecule has 6 nitrogen and oxygen atoms in total. The number of nitrogens with zero attached hydrogens (tertiary/aromatic N) is 4. The minimum atomic E-state index is -0.0702. The van der Waals surface area contributed by atoms with Crippen molar-refractivity contribution in [1.29, 1.82) is 0 Å². The summed E-state index contributed by atoms with van der Waals surface area (Å²) in [4.78, 5) is 14.4. The summed E-state index contributed by atoms with van der Waals surface area (Å²) in [5, 5.41) is 11.8. The van der Waals surface area contributed by atoms with Crippen LogP contribution in [-0.4, -0.2) is 40.5 Å². The number of anilines is 2. The molecule has 1 N–H and O–H groups in total. The number of aromatic nitrogens is 3. The van der Waals surface area contributed by atoms with Crippen molar-refractivity contribution in [3.63, 3.8) is 0 Å². The lowest BCUT2D eigenvalue weighted by Gasteiger charge is -2.15. The topological polar surface area (TPSA) is 63.1 Å². The van der Waals surface area contributed by atoms with Crippen LogP contribution in [-0.2, 0) is 4.79 Å². The third-order valence-corrected chi connectivity index (χ3v) is 5.10. The third-order valence-electron chi connectivity index (χ3n) is 4.16. The highest BCUT2D eigenvalue weighted by atomic mass is 32.2. The number of carbonyl (C=O) groups is 1. The van der Waals surface area contributed by atoms with E-state index in [1.807, 2.05) is 73.8 Å². The predicted molar refractivity (Wildman–Crippen MR) is 111 cm³/mol. The Bertz CT molecular complexity index is 934. The second-order valence-corrected chi connectivity index (χ2v) is 7.49. The Balaban J connectivity index is 1.64. The molecule has 0 atom stereocenters. The fourth-order valence-corrected chi connectivity index (χ4v) is 3.32. The molecule has 3 aromatic rings. The van der Waals surface area contributed by atoms with Crippen molar-refractivity contribution >= 4 is 29.0 Å². The van der Waals surface area contributed by atoms with E-state index in [0.29, 0.717) is 5.16 Å². The first-order valence-corrected chi connectivity index (χ1v) is 9.60. The maximum Gasteiger partial charge on any atom is 0.234 e. The van der Waals surface area contributed by atoms with E-state index in [-0.39, 0.29) is 11.7 Å². The van der Waals surface area contributed by atoms with Crippen LogP contribution in [0.1, 0.15) is 11.1 Å². The zero-order valence-corrected chi connectivity index (χ0v) is 16.7. The predicted octanol–water partition coefficient (Wildman–Crippen LogP) is 3.68. The molecule has 0 radical (unpaired) electrons. The number of carbonyl (C=O) groups excluding carboxylic acids is 1. The summed E-state index contributed by atoms with van der Waals surface area (Å²) in [6.07, 6.45) is 1.66. The van der Waals surface area contributed by atoms with Crippen LogP contribution in [0.25, 0.3) is 5.69 Å². The first kappa shape index (κ1) is 19.0. The molecule has 27 heavy (non-hydrogen) atoms. The summed E-state index contributed by atoms with van der Waals surface area (Å²) in [5.74, 6) is 0.193. The van der Waals surface area contributed by atoms with Gasteiger partial charge in [-0.1, -0.05) is 29.5 Å². The van der Waals surface area contributed by atoms with E-state index < -0.39 is 0 Å². The summed E-state index contributed by atoms with van der Waals surface area (Å²) >= 11 is 1.36. The second-order valence-electron chi connectivity index (χ2n) is 6.55. The minimum absolute atomic E-state index is 0.0702. The van der Waals surface area contributed by atoms with Crippen molar-refractivity contribution in [2.24, 2.45) is 0 Å². The van der Waals surface area contributed by atoms with Gasteiger partial charge in [-0.05, 0) is 49.7 Å².